The van der Waals surface area contributed by atoms with Crippen LogP contribution in [0.1, 0.15) is 25.0 Å². The minimum absolute atomic E-state index is 0.307. The van der Waals surface area contributed by atoms with Crippen LogP contribution in [0.2, 0.25) is 10.0 Å². The van der Waals surface area contributed by atoms with Gasteiger partial charge in [-0.25, -0.2) is 0 Å². The molecule has 0 radical (unpaired) electrons. The highest BCUT2D eigenvalue weighted by atomic mass is 79.9. The largest absolute Gasteiger partial charge is 0.490 e. The normalized spacial score (nSPS) is 12.1. The number of benzene rings is 2. The molecule has 3 N–H and O–H groups in total. The van der Waals surface area contributed by atoms with Crippen LogP contribution in [0.15, 0.2) is 34.8 Å². The Labute approximate surface area is 190 Å². The van der Waals surface area contributed by atoms with Crippen molar-refractivity contribution in [1.29, 1.82) is 0 Å². The second-order valence-electron chi connectivity index (χ2n) is 6.59. The van der Waals surface area contributed by atoms with Crippen LogP contribution >= 0.6 is 39.1 Å². The van der Waals surface area contributed by atoms with Crippen molar-refractivity contribution in [3.63, 3.8) is 0 Å². The summed E-state index contributed by atoms with van der Waals surface area (Å²) in [6.45, 7) is 7.40. The molecule has 0 heterocycles. The highest BCUT2D eigenvalue weighted by Gasteiger charge is 2.13. The van der Waals surface area contributed by atoms with Crippen LogP contribution in [-0.4, -0.2) is 37.5 Å². The van der Waals surface area contributed by atoms with E-state index >= 15 is 0 Å². The Morgan fingerprint density at radius 3 is 2.55 bits per heavy atom. The molecule has 8 heteroatoms. The fourth-order valence-electron chi connectivity index (χ4n) is 2.64. The molecule has 0 aliphatic rings. The SMILES string of the molecule is CCOc1cc(CNCCNCC(C)O)cc(Br)c1OCc1ccc(Cl)cc1Cl. The third-order valence-corrected chi connectivity index (χ3v) is 5.18. The van der Waals surface area contributed by atoms with Gasteiger partial charge >= 0.3 is 0 Å². The van der Waals surface area contributed by atoms with Crippen molar-refractivity contribution in [2.75, 3.05) is 26.2 Å². The highest BCUT2D eigenvalue weighted by molar-refractivity contribution is 9.10. The molecule has 0 saturated heterocycles. The summed E-state index contributed by atoms with van der Waals surface area (Å²) in [6, 6.07) is 9.32. The van der Waals surface area contributed by atoms with Crippen molar-refractivity contribution >= 4 is 39.1 Å². The summed E-state index contributed by atoms with van der Waals surface area (Å²) in [6.07, 6.45) is -0.338. The number of aliphatic hydroxyl groups excluding tert-OH is 1. The van der Waals surface area contributed by atoms with Gasteiger partial charge in [0.1, 0.15) is 6.61 Å². The van der Waals surface area contributed by atoms with Crippen molar-refractivity contribution in [2.45, 2.75) is 33.1 Å². The summed E-state index contributed by atoms with van der Waals surface area (Å²) in [5, 5.41) is 16.9. The maximum Gasteiger partial charge on any atom is 0.175 e. The lowest BCUT2D eigenvalue weighted by molar-refractivity contribution is 0.191. The Morgan fingerprint density at radius 1 is 1.10 bits per heavy atom. The highest BCUT2D eigenvalue weighted by Crippen LogP contribution is 2.38. The van der Waals surface area contributed by atoms with Crippen molar-refractivity contribution in [1.82, 2.24) is 10.6 Å². The summed E-state index contributed by atoms with van der Waals surface area (Å²) in [7, 11) is 0. The van der Waals surface area contributed by atoms with Crippen LogP contribution in [-0.2, 0) is 13.2 Å². The zero-order chi connectivity index (χ0) is 21.2. The van der Waals surface area contributed by atoms with Gasteiger partial charge in [-0.3, -0.25) is 0 Å². The minimum atomic E-state index is -0.338. The molecule has 0 aliphatic carbocycles. The van der Waals surface area contributed by atoms with E-state index in [1.807, 2.05) is 25.1 Å². The molecular weight excluding hydrogens is 479 g/mol. The maximum absolute atomic E-state index is 9.24. The lowest BCUT2D eigenvalue weighted by Gasteiger charge is -2.16. The molecule has 0 fully saturated rings. The molecular formula is C21H27BrCl2N2O3. The number of halogens is 3. The summed E-state index contributed by atoms with van der Waals surface area (Å²) in [4.78, 5) is 0. The second kappa shape index (κ2) is 12.6. The molecule has 29 heavy (non-hydrogen) atoms. The molecule has 0 saturated carbocycles. The number of aliphatic hydroxyl groups is 1. The van der Waals surface area contributed by atoms with Gasteiger partial charge in [-0.2, -0.15) is 0 Å². The monoisotopic (exact) mass is 504 g/mol. The summed E-state index contributed by atoms with van der Waals surface area (Å²) >= 11 is 15.8. The molecule has 160 valence electrons. The number of hydrogen-bond acceptors (Lipinski definition) is 5. The topological polar surface area (TPSA) is 62.8 Å². The zero-order valence-corrected chi connectivity index (χ0v) is 19.7. The fraction of sp³-hybridized carbons (Fsp3) is 0.429. The van der Waals surface area contributed by atoms with E-state index in [2.05, 4.69) is 26.6 Å². The van der Waals surface area contributed by atoms with Gasteiger partial charge in [0.25, 0.3) is 0 Å². The molecule has 0 aliphatic heterocycles. The number of nitrogens with one attached hydrogen (secondary N) is 2. The van der Waals surface area contributed by atoms with Gasteiger partial charge in [0, 0.05) is 41.8 Å². The van der Waals surface area contributed by atoms with E-state index in [-0.39, 0.29) is 6.10 Å². The smallest absolute Gasteiger partial charge is 0.175 e. The van der Waals surface area contributed by atoms with E-state index in [0.717, 1.165) is 28.7 Å². The van der Waals surface area contributed by atoms with Crippen LogP contribution in [0.4, 0.5) is 0 Å². The van der Waals surface area contributed by atoms with Crippen molar-refractivity contribution < 1.29 is 14.6 Å². The number of hydrogen-bond donors (Lipinski definition) is 3. The lowest BCUT2D eigenvalue weighted by atomic mass is 10.2. The predicted molar refractivity (Wildman–Crippen MR) is 122 cm³/mol. The van der Waals surface area contributed by atoms with Gasteiger partial charge in [0.05, 0.1) is 17.2 Å². The van der Waals surface area contributed by atoms with Gasteiger partial charge in [-0.15, -0.1) is 0 Å². The Balaban J connectivity index is 1.99. The summed E-state index contributed by atoms with van der Waals surface area (Å²) < 4.78 is 12.6. The zero-order valence-electron chi connectivity index (χ0n) is 16.6. The molecule has 2 aromatic rings. The van der Waals surface area contributed by atoms with Crippen LogP contribution in [0.5, 0.6) is 11.5 Å². The summed E-state index contributed by atoms with van der Waals surface area (Å²) in [5.74, 6) is 1.32. The third kappa shape index (κ3) is 8.32. The van der Waals surface area contributed by atoms with Gasteiger partial charge in [-0.1, -0.05) is 29.3 Å². The summed E-state index contributed by atoms with van der Waals surface area (Å²) in [5.41, 5.74) is 1.92. The molecule has 2 rings (SSSR count). The first-order valence-electron chi connectivity index (χ1n) is 9.52. The van der Waals surface area contributed by atoms with Crippen molar-refractivity contribution in [3.8, 4) is 11.5 Å². The molecule has 0 bridgehead atoms. The second-order valence-corrected chi connectivity index (χ2v) is 8.29. The molecule has 0 aromatic heterocycles. The van der Waals surface area contributed by atoms with Crippen LogP contribution in [0.25, 0.3) is 0 Å². The first kappa shape index (κ1) is 24.3. The maximum atomic E-state index is 9.24. The Morgan fingerprint density at radius 2 is 1.86 bits per heavy atom. The third-order valence-electron chi connectivity index (χ3n) is 4.00. The van der Waals surface area contributed by atoms with Crippen LogP contribution in [0, 0.1) is 0 Å². The first-order chi connectivity index (χ1) is 13.9. The molecule has 5 nitrogen and oxygen atoms in total. The van der Waals surface area contributed by atoms with E-state index in [1.54, 1.807) is 19.1 Å². The Kier molecular flexibility index (Phi) is 10.6. The van der Waals surface area contributed by atoms with Crippen molar-refractivity contribution in [2.24, 2.45) is 0 Å². The van der Waals surface area contributed by atoms with Gasteiger partial charge in [-0.05, 0) is 59.6 Å². The first-order valence-corrected chi connectivity index (χ1v) is 11.1. The van der Waals surface area contributed by atoms with E-state index in [0.29, 0.717) is 47.8 Å². The molecule has 0 amide bonds. The van der Waals surface area contributed by atoms with E-state index < -0.39 is 0 Å². The average molecular weight is 506 g/mol. The van der Waals surface area contributed by atoms with Crippen molar-refractivity contribution in [3.05, 3.63) is 56.0 Å². The lowest BCUT2D eigenvalue weighted by Crippen LogP contribution is -2.31. The van der Waals surface area contributed by atoms with E-state index in [4.69, 9.17) is 32.7 Å². The molecule has 1 atom stereocenters. The minimum Gasteiger partial charge on any atom is -0.490 e. The number of ether oxygens (including phenoxy) is 2. The Bertz CT molecular complexity index is 791. The van der Waals surface area contributed by atoms with Crippen LogP contribution in [0.3, 0.4) is 0 Å². The van der Waals surface area contributed by atoms with E-state index in [9.17, 15) is 5.11 Å². The fourth-order valence-corrected chi connectivity index (χ4v) is 3.70. The molecule has 0 spiro atoms. The van der Waals surface area contributed by atoms with Gasteiger partial charge in [0.15, 0.2) is 11.5 Å². The van der Waals surface area contributed by atoms with Gasteiger partial charge < -0.3 is 25.2 Å². The quantitative estimate of drug-likeness (QED) is 0.362. The van der Waals surface area contributed by atoms with E-state index in [1.165, 1.54) is 0 Å². The number of rotatable bonds is 12. The Hall–Kier alpha value is -1.02. The predicted octanol–water partition coefficient (Wildman–Crippen LogP) is 4.79. The average Bonchev–Trinajstić information content (AvgIpc) is 2.65. The van der Waals surface area contributed by atoms with Gasteiger partial charge in [0.2, 0.25) is 0 Å². The van der Waals surface area contributed by atoms with Crippen LogP contribution < -0.4 is 20.1 Å². The standard InChI is InChI=1S/C21H27BrCl2N2O3/c1-3-28-20-9-15(12-26-7-6-25-11-14(2)27)8-18(22)21(20)29-13-16-4-5-17(23)10-19(16)24/h4-5,8-10,14,25-27H,3,6-7,11-13H2,1-2H3. The molecule has 1 unspecified atom stereocenters. The molecule has 2 aromatic carbocycles.